The minimum atomic E-state index is -4.72. The van der Waals surface area contributed by atoms with Crippen LogP contribution in [0.1, 0.15) is 12.8 Å². The lowest BCUT2D eigenvalue weighted by molar-refractivity contribution is 0.317. The van der Waals surface area contributed by atoms with Gasteiger partial charge in [0.1, 0.15) is 32.7 Å². The molecule has 7 N–H and O–H groups in total. The van der Waals surface area contributed by atoms with Gasteiger partial charge in [-0.05, 0) is 61.4 Å². The molecule has 24 nitrogen and oxygen atoms in total. The van der Waals surface area contributed by atoms with E-state index in [1.54, 1.807) is 0 Å². The minimum absolute atomic E-state index is 0.0116. The molecule has 0 saturated carbocycles. The zero-order chi connectivity index (χ0) is 47.9. The van der Waals surface area contributed by atoms with Gasteiger partial charge in [-0.1, -0.05) is 46.4 Å². The number of nitrogens with one attached hydrogen (secondary N) is 2. The smallest absolute Gasteiger partial charge is 0.320 e. The normalized spacial score (nSPS) is 12.5. The van der Waals surface area contributed by atoms with Gasteiger partial charge in [-0.3, -0.25) is 18.2 Å². The highest BCUT2D eigenvalue weighted by molar-refractivity contribution is 7.86. The fraction of sp³-hybridized carbons (Fsp3) is 0.182. The molecule has 4 aromatic carbocycles. The van der Waals surface area contributed by atoms with Crippen molar-refractivity contribution in [2.45, 2.75) is 22.6 Å². The molecule has 348 valence electrons. The highest BCUT2D eigenvalue weighted by atomic mass is 35.5. The van der Waals surface area contributed by atoms with Gasteiger partial charge in [0.2, 0.25) is 11.9 Å². The first kappa shape index (κ1) is 50.9. The van der Waals surface area contributed by atoms with E-state index in [2.05, 4.69) is 46.0 Å². The molecule has 0 aliphatic heterocycles. The number of benzene rings is 4. The zero-order valence-electron chi connectivity index (χ0n) is 32.1. The third-order valence-electron chi connectivity index (χ3n) is 7.75. The fourth-order valence-corrected chi connectivity index (χ4v) is 8.32. The summed E-state index contributed by atoms with van der Waals surface area (Å²) in [6.45, 7) is -0.600. The molecule has 0 spiro atoms. The molecule has 0 atom stereocenters. The predicted molar refractivity (Wildman–Crippen MR) is 235 cm³/mol. The third kappa shape index (κ3) is 15.5. The highest BCUT2D eigenvalue weighted by Gasteiger charge is 2.20. The van der Waals surface area contributed by atoms with Crippen LogP contribution in [0.15, 0.2) is 90.9 Å². The average molecular weight is 1060 g/mol. The molecular formula is C33H29Cl4N9O15S4. The van der Waals surface area contributed by atoms with Crippen LogP contribution in [0, 0.1) is 0 Å². The number of hydrogen-bond acceptors (Lipinski definition) is 20. The Morgan fingerprint density at radius 1 is 0.523 bits per heavy atom. The van der Waals surface area contributed by atoms with E-state index in [1.165, 1.54) is 36.4 Å². The van der Waals surface area contributed by atoms with Crippen molar-refractivity contribution in [3.05, 3.63) is 80.8 Å². The Balaban J connectivity index is 1.47. The maximum Gasteiger partial charge on any atom is 0.320 e. The van der Waals surface area contributed by atoms with Crippen molar-refractivity contribution in [3.8, 4) is 17.5 Å². The van der Waals surface area contributed by atoms with Gasteiger partial charge in [-0.2, -0.15) is 58.9 Å². The lowest BCUT2D eigenvalue weighted by atomic mass is 10.2. The Labute approximate surface area is 388 Å². The Morgan fingerprint density at radius 2 is 0.908 bits per heavy atom. The van der Waals surface area contributed by atoms with Gasteiger partial charge in [-0.25, -0.2) is 0 Å². The first-order valence-electron chi connectivity index (χ1n) is 17.4. The van der Waals surface area contributed by atoms with Crippen molar-refractivity contribution in [2.75, 3.05) is 35.4 Å². The lowest BCUT2D eigenvalue weighted by Crippen LogP contribution is -2.10. The lowest BCUT2D eigenvalue weighted by Gasteiger charge is -2.16. The highest BCUT2D eigenvalue weighted by Crippen LogP contribution is 2.41. The van der Waals surface area contributed by atoms with E-state index in [1.807, 2.05) is 0 Å². The van der Waals surface area contributed by atoms with Gasteiger partial charge in [0.05, 0.1) is 67.6 Å². The Morgan fingerprint density at radius 3 is 1.26 bits per heavy atom. The fourth-order valence-electron chi connectivity index (χ4n) is 4.96. The van der Waals surface area contributed by atoms with Crippen molar-refractivity contribution in [1.82, 2.24) is 15.0 Å². The number of anilines is 4. The second kappa shape index (κ2) is 21.0. The molecule has 1 heterocycles. The largest absolute Gasteiger partial charge is 0.491 e. The van der Waals surface area contributed by atoms with E-state index in [9.17, 15) is 47.9 Å². The van der Waals surface area contributed by atoms with Gasteiger partial charge in [0.15, 0.2) is 0 Å². The number of aromatic hydroxyl groups is 1. The molecule has 0 unspecified atom stereocenters. The molecule has 0 amide bonds. The molecule has 0 aliphatic carbocycles. The molecule has 1 aromatic heterocycles. The molecule has 0 aliphatic rings. The van der Waals surface area contributed by atoms with Crippen LogP contribution in [0.4, 0.5) is 46.0 Å². The van der Waals surface area contributed by atoms with Crippen LogP contribution in [0.25, 0.3) is 0 Å². The average Bonchev–Trinajstić information content (AvgIpc) is 3.17. The summed E-state index contributed by atoms with van der Waals surface area (Å²) in [7, 11) is -18.2. The number of aromatic nitrogens is 3. The second-order valence-electron chi connectivity index (χ2n) is 12.7. The van der Waals surface area contributed by atoms with Crippen LogP contribution in [-0.4, -0.2) is 96.7 Å². The number of rotatable bonds is 20. The summed E-state index contributed by atoms with van der Waals surface area (Å²) in [5, 5.41) is 31.1. The predicted octanol–water partition coefficient (Wildman–Crippen LogP) is 8.32. The van der Waals surface area contributed by atoms with Gasteiger partial charge < -0.3 is 25.2 Å². The summed E-state index contributed by atoms with van der Waals surface area (Å²) >= 11 is 24.7. The standard InChI is InChI=1S/C33H29Cl4N9O15S4/c34-19-5-3-17(11-29(19)64(54,55)56)43-45-23-15-27(60-7-1-9-62(48,49)50)25(13-21(23)36)38-31-40-32(42-33(47)41-31)39-26-14-22(37)24(16-28(26)61-8-2-10-63(51,52)53)46-44-18-4-6-20(35)30(12-18)65(57,58)59/h3-6,11-16H,1-2,7-10H2,(H,48,49,50)(H,51,52,53)(H,54,55,56)(H,57,58,59)(H3,38,39,40,41,42,47). The Kier molecular flexibility index (Phi) is 16.5. The summed E-state index contributed by atoms with van der Waals surface area (Å²) in [5.74, 6) is -2.25. The van der Waals surface area contributed by atoms with Crippen LogP contribution in [0.2, 0.25) is 20.1 Å². The zero-order valence-corrected chi connectivity index (χ0v) is 38.4. The maximum atomic E-state index is 11.7. The molecule has 5 rings (SSSR count). The van der Waals surface area contributed by atoms with E-state index in [0.717, 1.165) is 24.3 Å². The van der Waals surface area contributed by atoms with Crippen LogP contribution in [0.3, 0.4) is 0 Å². The number of ether oxygens (including phenoxy) is 2. The molecule has 32 heteroatoms. The number of halogens is 4. The molecule has 0 saturated heterocycles. The number of nitrogens with zero attached hydrogens (tertiary/aromatic N) is 7. The molecule has 0 fully saturated rings. The molecular weight excluding hydrogens is 1030 g/mol. The Hall–Kier alpha value is -5.11. The molecule has 5 aromatic rings. The van der Waals surface area contributed by atoms with Crippen molar-refractivity contribution in [1.29, 1.82) is 0 Å². The van der Waals surface area contributed by atoms with Crippen molar-refractivity contribution < 1.29 is 66.5 Å². The number of azo groups is 2. The van der Waals surface area contributed by atoms with E-state index in [-0.39, 0.29) is 104 Å². The monoisotopic (exact) mass is 1060 g/mol. The SMILES string of the molecule is O=S(=O)(O)CCCOc1cc(N=Nc2ccc(Cl)c(S(=O)(=O)O)c2)c(Cl)cc1Nc1nc(O)nc(Nc2cc(Cl)c(N=Nc3ccc(Cl)c(S(=O)(=O)O)c3)cc2OCCCS(=O)(=O)O)n1. The Bertz CT molecular complexity index is 2950. The third-order valence-corrected chi connectivity index (χ3v) is 12.6. The van der Waals surface area contributed by atoms with E-state index < -0.39 is 67.8 Å². The van der Waals surface area contributed by atoms with E-state index in [0.29, 0.717) is 0 Å². The number of hydrogen-bond donors (Lipinski definition) is 7. The van der Waals surface area contributed by atoms with Crippen LogP contribution < -0.4 is 20.1 Å². The molecule has 0 bridgehead atoms. The maximum absolute atomic E-state index is 11.7. The summed E-state index contributed by atoms with van der Waals surface area (Å²) in [4.78, 5) is 10.6. The van der Waals surface area contributed by atoms with Gasteiger partial charge in [-0.15, -0.1) is 10.2 Å². The van der Waals surface area contributed by atoms with Crippen molar-refractivity contribution in [3.63, 3.8) is 0 Å². The second-order valence-corrected chi connectivity index (χ2v) is 20.2. The van der Waals surface area contributed by atoms with Gasteiger partial charge in [0, 0.05) is 12.1 Å². The van der Waals surface area contributed by atoms with Crippen LogP contribution in [0.5, 0.6) is 17.5 Å². The van der Waals surface area contributed by atoms with E-state index in [4.69, 9.17) is 65.0 Å². The summed E-state index contributed by atoms with van der Waals surface area (Å²) in [5.41, 5.74) is -0.320. The quantitative estimate of drug-likeness (QED) is 0.0219. The first-order valence-corrected chi connectivity index (χ1v) is 25.0. The summed E-state index contributed by atoms with van der Waals surface area (Å²) in [6, 6.07) is 10.9. The first-order chi connectivity index (χ1) is 30.2. The minimum Gasteiger partial charge on any atom is -0.491 e. The topological polar surface area (TPSA) is 368 Å². The van der Waals surface area contributed by atoms with Crippen LogP contribution >= 0.6 is 46.4 Å². The van der Waals surface area contributed by atoms with Crippen molar-refractivity contribution in [2.24, 2.45) is 20.5 Å². The van der Waals surface area contributed by atoms with Gasteiger partial charge in [0.25, 0.3) is 40.5 Å². The van der Waals surface area contributed by atoms with E-state index >= 15 is 0 Å². The summed E-state index contributed by atoms with van der Waals surface area (Å²) < 4.78 is 141. The molecule has 65 heavy (non-hydrogen) atoms. The van der Waals surface area contributed by atoms with Crippen molar-refractivity contribution >= 4 is 133 Å². The summed E-state index contributed by atoms with van der Waals surface area (Å²) in [6.07, 6.45) is -0.388. The van der Waals surface area contributed by atoms with Crippen LogP contribution in [-0.2, 0) is 40.5 Å². The molecule has 0 radical (unpaired) electrons. The van der Waals surface area contributed by atoms with Gasteiger partial charge >= 0.3 is 6.01 Å².